The summed E-state index contributed by atoms with van der Waals surface area (Å²) >= 11 is 0.366. The van der Waals surface area contributed by atoms with Crippen molar-refractivity contribution in [3.05, 3.63) is 66.2 Å². The van der Waals surface area contributed by atoms with Crippen molar-refractivity contribution in [2.45, 2.75) is 37.5 Å². The van der Waals surface area contributed by atoms with Crippen LogP contribution in [0.5, 0.6) is 0 Å². The van der Waals surface area contributed by atoms with E-state index in [0.29, 0.717) is 19.8 Å². The summed E-state index contributed by atoms with van der Waals surface area (Å²) in [5, 5.41) is 3.23. The zero-order valence-corrected chi connectivity index (χ0v) is 14.9. The summed E-state index contributed by atoms with van der Waals surface area (Å²) in [6, 6.07) is 20.3. The van der Waals surface area contributed by atoms with Crippen molar-refractivity contribution in [3.8, 4) is 0 Å². The average Bonchev–Trinajstić information content (AvgIpc) is 2.56. The Bertz CT molecular complexity index is 571. The van der Waals surface area contributed by atoms with Crippen LogP contribution in [0, 0.1) is 0 Å². The van der Waals surface area contributed by atoms with Crippen molar-refractivity contribution < 1.29 is 4.79 Å². The molecule has 0 radical (unpaired) electrons. The van der Waals surface area contributed by atoms with E-state index >= 15 is 0 Å². The Balaban J connectivity index is 2.01. The molecular formula is C19H23NOSe. The van der Waals surface area contributed by atoms with Gasteiger partial charge in [-0.25, -0.2) is 0 Å². The molecule has 1 N–H and O–H groups in total. The van der Waals surface area contributed by atoms with Crippen LogP contribution in [0.15, 0.2) is 60.7 Å². The molecule has 0 heterocycles. The van der Waals surface area contributed by atoms with Crippen LogP contribution >= 0.6 is 0 Å². The van der Waals surface area contributed by atoms with Crippen LogP contribution in [-0.4, -0.2) is 26.9 Å². The minimum absolute atomic E-state index is 0.0368. The van der Waals surface area contributed by atoms with Crippen molar-refractivity contribution in [1.82, 2.24) is 5.32 Å². The second kappa shape index (κ2) is 8.77. The van der Waals surface area contributed by atoms with Gasteiger partial charge in [0.15, 0.2) is 0 Å². The SMILES string of the molecule is CCCC(NC(=O)c1ccccc1)C(C)[Se]c1ccccc1. The van der Waals surface area contributed by atoms with Crippen molar-refractivity contribution in [2.24, 2.45) is 0 Å². The second-order valence-electron chi connectivity index (χ2n) is 5.37. The van der Waals surface area contributed by atoms with Gasteiger partial charge >= 0.3 is 139 Å². The maximum atomic E-state index is 12.4. The molecule has 2 rings (SSSR count). The third-order valence-electron chi connectivity index (χ3n) is 3.58. The fourth-order valence-corrected chi connectivity index (χ4v) is 4.71. The molecule has 2 aromatic rings. The van der Waals surface area contributed by atoms with E-state index in [1.165, 1.54) is 4.46 Å². The second-order valence-corrected chi connectivity index (χ2v) is 8.41. The quantitative estimate of drug-likeness (QED) is 0.753. The van der Waals surface area contributed by atoms with E-state index in [9.17, 15) is 4.79 Å². The Kier molecular flexibility index (Phi) is 6.70. The van der Waals surface area contributed by atoms with E-state index in [0.717, 1.165) is 18.4 Å². The van der Waals surface area contributed by atoms with Gasteiger partial charge in [0.25, 0.3) is 0 Å². The van der Waals surface area contributed by atoms with Crippen molar-refractivity contribution >= 4 is 25.3 Å². The molecule has 22 heavy (non-hydrogen) atoms. The minimum atomic E-state index is 0.0368. The molecule has 1 amide bonds. The Labute approximate surface area is 139 Å². The number of hydrogen-bond acceptors (Lipinski definition) is 1. The molecular weight excluding hydrogens is 337 g/mol. The van der Waals surface area contributed by atoms with Crippen molar-refractivity contribution in [2.75, 3.05) is 0 Å². The van der Waals surface area contributed by atoms with Crippen LogP contribution < -0.4 is 9.78 Å². The summed E-state index contributed by atoms with van der Waals surface area (Å²) in [6.45, 7) is 4.42. The number of carbonyl (C=O) groups excluding carboxylic acids is 1. The maximum absolute atomic E-state index is 12.4. The molecule has 2 atom stereocenters. The van der Waals surface area contributed by atoms with Gasteiger partial charge in [-0.05, 0) is 0 Å². The number of rotatable bonds is 7. The first kappa shape index (κ1) is 16.8. The molecule has 2 nitrogen and oxygen atoms in total. The Hall–Kier alpha value is -1.57. The number of nitrogens with one attached hydrogen (secondary N) is 1. The van der Waals surface area contributed by atoms with Crippen molar-refractivity contribution in [3.63, 3.8) is 0 Å². The predicted molar refractivity (Wildman–Crippen MR) is 93.9 cm³/mol. The zero-order valence-electron chi connectivity index (χ0n) is 13.2. The van der Waals surface area contributed by atoms with E-state index < -0.39 is 0 Å². The molecule has 0 aliphatic rings. The fraction of sp³-hybridized carbons (Fsp3) is 0.316. The number of carbonyl (C=O) groups is 1. The third-order valence-corrected chi connectivity index (χ3v) is 6.20. The first-order valence-electron chi connectivity index (χ1n) is 7.78. The molecule has 2 aromatic carbocycles. The van der Waals surface area contributed by atoms with Crippen LogP contribution in [0.3, 0.4) is 0 Å². The van der Waals surface area contributed by atoms with E-state index in [4.69, 9.17) is 0 Å². The topological polar surface area (TPSA) is 29.1 Å². The van der Waals surface area contributed by atoms with Gasteiger partial charge in [0, 0.05) is 0 Å². The molecule has 0 aliphatic heterocycles. The van der Waals surface area contributed by atoms with E-state index in [2.05, 4.69) is 43.4 Å². The van der Waals surface area contributed by atoms with Crippen LogP contribution in [0.2, 0.25) is 4.82 Å². The molecule has 0 saturated heterocycles. The molecule has 0 bridgehead atoms. The van der Waals surface area contributed by atoms with Gasteiger partial charge in [0.05, 0.1) is 0 Å². The van der Waals surface area contributed by atoms with Gasteiger partial charge in [0.2, 0.25) is 0 Å². The van der Waals surface area contributed by atoms with Gasteiger partial charge in [-0.1, -0.05) is 0 Å². The average molecular weight is 360 g/mol. The molecule has 0 fully saturated rings. The summed E-state index contributed by atoms with van der Waals surface area (Å²) in [4.78, 5) is 12.9. The molecule has 0 aromatic heterocycles. The standard InChI is InChI=1S/C19H23NOSe/c1-3-10-18(15(2)22-17-13-8-5-9-14-17)20-19(21)16-11-6-4-7-12-16/h4-9,11-15,18H,3,10H2,1-2H3,(H,20,21). The normalized spacial score (nSPS) is 13.4. The predicted octanol–water partition coefficient (Wildman–Crippen LogP) is 3.42. The molecule has 3 heteroatoms. The van der Waals surface area contributed by atoms with Gasteiger partial charge in [-0.15, -0.1) is 0 Å². The first-order valence-corrected chi connectivity index (χ1v) is 9.63. The molecule has 116 valence electrons. The summed E-state index contributed by atoms with van der Waals surface area (Å²) in [5.74, 6) is 0.0368. The third kappa shape index (κ3) is 5.01. The number of amides is 1. The summed E-state index contributed by atoms with van der Waals surface area (Å²) in [6.07, 6.45) is 2.10. The monoisotopic (exact) mass is 361 g/mol. The van der Waals surface area contributed by atoms with Gasteiger partial charge < -0.3 is 0 Å². The van der Waals surface area contributed by atoms with Crippen LogP contribution in [0.4, 0.5) is 0 Å². The number of benzene rings is 2. The van der Waals surface area contributed by atoms with E-state index in [1.807, 2.05) is 36.4 Å². The first-order chi connectivity index (χ1) is 10.7. The number of hydrogen-bond donors (Lipinski definition) is 1. The fourth-order valence-electron chi connectivity index (χ4n) is 2.37. The molecule has 0 saturated carbocycles. The van der Waals surface area contributed by atoms with Crippen LogP contribution in [0.1, 0.15) is 37.0 Å². The van der Waals surface area contributed by atoms with Crippen molar-refractivity contribution in [1.29, 1.82) is 0 Å². The zero-order chi connectivity index (χ0) is 15.8. The Morgan fingerprint density at radius 2 is 1.64 bits per heavy atom. The summed E-state index contributed by atoms with van der Waals surface area (Å²) in [7, 11) is 0. The molecule has 0 spiro atoms. The van der Waals surface area contributed by atoms with Gasteiger partial charge in [-0.3, -0.25) is 0 Å². The summed E-state index contributed by atoms with van der Waals surface area (Å²) < 4.78 is 1.39. The van der Waals surface area contributed by atoms with Crippen LogP contribution in [-0.2, 0) is 0 Å². The molecule has 2 unspecified atom stereocenters. The Morgan fingerprint density at radius 1 is 1.05 bits per heavy atom. The van der Waals surface area contributed by atoms with Gasteiger partial charge in [0.1, 0.15) is 0 Å². The van der Waals surface area contributed by atoms with Crippen LogP contribution in [0.25, 0.3) is 0 Å². The molecule has 0 aliphatic carbocycles. The van der Waals surface area contributed by atoms with E-state index in [-0.39, 0.29) is 11.9 Å². The Morgan fingerprint density at radius 3 is 2.23 bits per heavy atom. The van der Waals surface area contributed by atoms with Gasteiger partial charge in [-0.2, -0.15) is 0 Å². The van der Waals surface area contributed by atoms with E-state index in [1.54, 1.807) is 0 Å². The summed E-state index contributed by atoms with van der Waals surface area (Å²) in [5.41, 5.74) is 0.739.